The molecular formula is C19H17NO3. The van der Waals surface area contributed by atoms with Gasteiger partial charge in [0.05, 0.1) is 0 Å². The van der Waals surface area contributed by atoms with Crippen molar-refractivity contribution in [3.63, 3.8) is 0 Å². The first-order valence-corrected chi connectivity index (χ1v) is 7.15. The standard InChI is InChI=1S/C19H17NO3/c1-14(2)19(21)22-13-16(12-20)23-18-11-7-6-10-17(18)15-8-4-3-5-9-15/h3-11,16H,1,13H2,2H3. The van der Waals surface area contributed by atoms with Gasteiger partial charge in [0.25, 0.3) is 0 Å². The number of hydrogen-bond donors (Lipinski definition) is 0. The van der Waals surface area contributed by atoms with E-state index in [-0.39, 0.29) is 12.2 Å². The zero-order chi connectivity index (χ0) is 16.7. The van der Waals surface area contributed by atoms with Gasteiger partial charge in [-0.25, -0.2) is 4.79 Å². The van der Waals surface area contributed by atoms with Gasteiger partial charge < -0.3 is 9.47 Å². The maximum Gasteiger partial charge on any atom is 0.333 e. The van der Waals surface area contributed by atoms with Crippen LogP contribution < -0.4 is 4.74 Å². The van der Waals surface area contributed by atoms with E-state index >= 15 is 0 Å². The van der Waals surface area contributed by atoms with E-state index in [1.54, 1.807) is 13.0 Å². The summed E-state index contributed by atoms with van der Waals surface area (Å²) in [6.45, 7) is 4.90. The summed E-state index contributed by atoms with van der Waals surface area (Å²) in [5, 5.41) is 9.21. The van der Waals surface area contributed by atoms with Crippen molar-refractivity contribution in [2.45, 2.75) is 13.0 Å². The van der Waals surface area contributed by atoms with Gasteiger partial charge in [-0.05, 0) is 18.6 Å². The molecule has 0 aliphatic rings. The summed E-state index contributed by atoms with van der Waals surface area (Å²) in [6, 6.07) is 19.1. The van der Waals surface area contributed by atoms with Crippen LogP contribution in [0.1, 0.15) is 6.92 Å². The van der Waals surface area contributed by atoms with Gasteiger partial charge in [-0.15, -0.1) is 0 Å². The molecule has 0 saturated heterocycles. The SMILES string of the molecule is C=C(C)C(=O)OCC(C#N)Oc1ccccc1-c1ccccc1. The normalized spacial score (nSPS) is 11.1. The van der Waals surface area contributed by atoms with Crippen molar-refractivity contribution in [1.29, 1.82) is 5.26 Å². The first-order chi connectivity index (χ1) is 11.1. The van der Waals surface area contributed by atoms with E-state index in [0.29, 0.717) is 5.75 Å². The lowest BCUT2D eigenvalue weighted by Gasteiger charge is -2.16. The van der Waals surface area contributed by atoms with Gasteiger partial charge in [0, 0.05) is 11.1 Å². The fourth-order valence-electron chi connectivity index (χ4n) is 1.95. The van der Waals surface area contributed by atoms with Crippen LogP contribution in [0.25, 0.3) is 11.1 Å². The molecule has 0 spiro atoms. The molecule has 2 aromatic carbocycles. The van der Waals surface area contributed by atoms with Crippen LogP contribution >= 0.6 is 0 Å². The molecular weight excluding hydrogens is 290 g/mol. The van der Waals surface area contributed by atoms with Gasteiger partial charge >= 0.3 is 5.97 Å². The second-order valence-electron chi connectivity index (χ2n) is 4.98. The fourth-order valence-corrected chi connectivity index (χ4v) is 1.95. The molecule has 0 aliphatic carbocycles. The Hall–Kier alpha value is -3.06. The highest BCUT2D eigenvalue weighted by atomic mass is 16.6. The first-order valence-electron chi connectivity index (χ1n) is 7.15. The third kappa shape index (κ3) is 4.45. The lowest BCUT2D eigenvalue weighted by molar-refractivity contribution is -0.140. The van der Waals surface area contributed by atoms with Crippen molar-refractivity contribution < 1.29 is 14.3 Å². The number of esters is 1. The molecule has 0 amide bonds. The molecule has 0 saturated carbocycles. The molecule has 2 rings (SSSR count). The van der Waals surface area contributed by atoms with Crippen molar-refractivity contribution in [1.82, 2.24) is 0 Å². The van der Waals surface area contributed by atoms with E-state index in [9.17, 15) is 10.1 Å². The summed E-state index contributed by atoms with van der Waals surface area (Å²) in [5.41, 5.74) is 2.14. The van der Waals surface area contributed by atoms with Crippen LogP contribution in [0.5, 0.6) is 5.75 Å². The predicted octanol–water partition coefficient (Wildman–Crippen LogP) is 3.74. The topological polar surface area (TPSA) is 59.3 Å². The van der Waals surface area contributed by atoms with Gasteiger partial charge in [-0.3, -0.25) is 0 Å². The monoisotopic (exact) mass is 307 g/mol. The molecule has 1 unspecified atom stereocenters. The number of para-hydroxylation sites is 1. The van der Waals surface area contributed by atoms with Crippen molar-refractivity contribution in [2.24, 2.45) is 0 Å². The Morgan fingerprint density at radius 1 is 1.17 bits per heavy atom. The number of rotatable bonds is 6. The van der Waals surface area contributed by atoms with Crippen LogP contribution in [0.4, 0.5) is 0 Å². The lowest BCUT2D eigenvalue weighted by Crippen LogP contribution is -2.23. The minimum absolute atomic E-state index is 0.148. The van der Waals surface area contributed by atoms with E-state index < -0.39 is 12.1 Å². The summed E-state index contributed by atoms with van der Waals surface area (Å²) in [4.78, 5) is 11.4. The molecule has 0 fully saturated rings. The maximum absolute atomic E-state index is 11.4. The zero-order valence-electron chi connectivity index (χ0n) is 12.9. The fraction of sp³-hybridized carbons (Fsp3) is 0.158. The van der Waals surface area contributed by atoms with Gasteiger partial charge in [-0.1, -0.05) is 55.1 Å². The Kier molecular flexibility index (Phi) is 5.54. The Morgan fingerprint density at radius 3 is 2.48 bits per heavy atom. The Labute approximate surface area is 135 Å². The van der Waals surface area contributed by atoms with E-state index in [2.05, 4.69) is 6.58 Å². The quantitative estimate of drug-likeness (QED) is 0.602. The molecule has 23 heavy (non-hydrogen) atoms. The predicted molar refractivity (Wildman–Crippen MR) is 87.7 cm³/mol. The maximum atomic E-state index is 11.4. The lowest BCUT2D eigenvalue weighted by atomic mass is 10.0. The first kappa shape index (κ1) is 16.3. The van der Waals surface area contributed by atoms with E-state index in [4.69, 9.17) is 9.47 Å². The summed E-state index contributed by atoms with van der Waals surface area (Å²) in [7, 11) is 0. The second-order valence-corrected chi connectivity index (χ2v) is 4.98. The average Bonchev–Trinajstić information content (AvgIpc) is 2.59. The van der Waals surface area contributed by atoms with Crippen molar-refractivity contribution in [2.75, 3.05) is 6.61 Å². The molecule has 1 atom stereocenters. The molecule has 116 valence electrons. The number of hydrogen-bond acceptors (Lipinski definition) is 4. The average molecular weight is 307 g/mol. The van der Waals surface area contributed by atoms with Crippen LogP contribution in [0.2, 0.25) is 0 Å². The van der Waals surface area contributed by atoms with Crippen LogP contribution in [-0.2, 0) is 9.53 Å². The largest absolute Gasteiger partial charge is 0.471 e. The summed E-state index contributed by atoms with van der Waals surface area (Å²) >= 11 is 0. The summed E-state index contributed by atoms with van der Waals surface area (Å²) in [6.07, 6.45) is -0.886. The Morgan fingerprint density at radius 2 is 1.83 bits per heavy atom. The molecule has 0 aliphatic heterocycles. The second kappa shape index (κ2) is 7.81. The zero-order valence-corrected chi connectivity index (χ0v) is 12.9. The molecule has 0 aromatic heterocycles. The van der Waals surface area contributed by atoms with Crippen LogP contribution in [0.15, 0.2) is 66.7 Å². The van der Waals surface area contributed by atoms with Crippen LogP contribution in [0, 0.1) is 11.3 Å². The highest BCUT2D eigenvalue weighted by Gasteiger charge is 2.15. The van der Waals surface area contributed by atoms with E-state index in [1.165, 1.54) is 0 Å². The molecule has 0 bridgehead atoms. The van der Waals surface area contributed by atoms with Gasteiger partial charge in [0.15, 0.2) is 0 Å². The van der Waals surface area contributed by atoms with Crippen molar-refractivity contribution >= 4 is 5.97 Å². The van der Waals surface area contributed by atoms with Gasteiger partial charge in [-0.2, -0.15) is 5.26 Å². The molecule has 2 aromatic rings. The van der Waals surface area contributed by atoms with Crippen LogP contribution in [0.3, 0.4) is 0 Å². The van der Waals surface area contributed by atoms with Crippen molar-refractivity contribution in [3.8, 4) is 22.9 Å². The van der Waals surface area contributed by atoms with Gasteiger partial charge in [0.1, 0.15) is 18.4 Å². The molecule has 4 nitrogen and oxygen atoms in total. The Balaban J connectivity index is 2.14. The summed E-state index contributed by atoms with van der Waals surface area (Å²) in [5.74, 6) is 0.0295. The molecule has 4 heteroatoms. The minimum Gasteiger partial charge on any atom is -0.471 e. The smallest absolute Gasteiger partial charge is 0.333 e. The number of nitriles is 1. The van der Waals surface area contributed by atoms with E-state index in [1.807, 2.05) is 54.6 Å². The molecule has 0 N–H and O–H groups in total. The Bertz CT molecular complexity index is 732. The highest BCUT2D eigenvalue weighted by Crippen LogP contribution is 2.30. The third-order valence-corrected chi connectivity index (χ3v) is 3.10. The minimum atomic E-state index is -0.886. The number of carbonyl (C=O) groups excluding carboxylic acids is 1. The molecule has 0 radical (unpaired) electrons. The number of carbonyl (C=O) groups is 1. The van der Waals surface area contributed by atoms with Gasteiger partial charge in [0.2, 0.25) is 6.10 Å². The molecule has 0 heterocycles. The van der Waals surface area contributed by atoms with E-state index in [0.717, 1.165) is 11.1 Å². The number of benzene rings is 2. The third-order valence-electron chi connectivity index (χ3n) is 3.10. The number of ether oxygens (including phenoxy) is 2. The summed E-state index contributed by atoms with van der Waals surface area (Å²) < 4.78 is 10.7. The highest BCUT2D eigenvalue weighted by molar-refractivity contribution is 5.86. The van der Waals surface area contributed by atoms with Crippen molar-refractivity contribution in [3.05, 3.63) is 66.7 Å². The number of nitrogens with zero attached hydrogens (tertiary/aromatic N) is 1. The van der Waals surface area contributed by atoms with Crippen LogP contribution in [-0.4, -0.2) is 18.7 Å².